The van der Waals surface area contributed by atoms with Crippen LogP contribution in [0.1, 0.15) is 64.3 Å². The van der Waals surface area contributed by atoms with E-state index in [9.17, 15) is 24.3 Å². The molecule has 3 unspecified atom stereocenters. The predicted octanol–water partition coefficient (Wildman–Crippen LogP) is 6.08. The molecule has 5 aromatic rings. The third-order valence-electron chi connectivity index (χ3n) is 11.6. The number of H-pyrrole nitrogens is 2. The van der Waals surface area contributed by atoms with Crippen LogP contribution in [0.15, 0.2) is 60.8 Å². The van der Waals surface area contributed by atoms with Crippen molar-refractivity contribution >= 4 is 53.7 Å². The van der Waals surface area contributed by atoms with Gasteiger partial charge in [0.2, 0.25) is 17.7 Å². The highest BCUT2D eigenvalue weighted by Gasteiger charge is 2.46. The molecular formula is C43H54N8O6Si. The highest BCUT2D eigenvalue weighted by Crippen LogP contribution is 2.39. The normalized spacial score (nSPS) is 18.9. The van der Waals surface area contributed by atoms with Crippen LogP contribution in [-0.4, -0.2) is 105 Å². The summed E-state index contributed by atoms with van der Waals surface area (Å²) in [5.41, 5.74) is 5.68. The smallest absolute Gasteiger partial charge is 0.407 e. The van der Waals surface area contributed by atoms with Gasteiger partial charge in [-0.1, -0.05) is 83.3 Å². The van der Waals surface area contributed by atoms with Gasteiger partial charge in [0.15, 0.2) is 0 Å². The molecule has 7 rings (SSSR count). The van der Waals surface area contributed by atoms with E-state index in [4.69, 9.17) is 14.7 Å². The lowest BCUT2D eigenvalue weighted by atomic mass is 9.99. The Morgan fingerprint density at radius 1 is 0.862 bits per heavy atom. The molecule has 306 valence electrons. The molecular weight excluding hydrogens is 753 g/mol. The van der Waals surface area contributed by atoms with E-state index in [1.165, 1.54) is 7.11 Å². The standard InChI is InChI=1S/C43H54N8O6Si/c1-24(2)36(47-35(53)21-52)42(55)51-23-58(6,7)22-34(51)40-45-31-17-15-29-19-28(14-16-30(29)38(31)48-40)26-10-12-27(13-11-26)32-20-44-39(46-32)33-9-8-18-50(33)41(54)37(25(3)4)49-43(56)57-5/h10-17,19-20,24-25,33-34,36-37,52H,8-9,18,21-23H2,1-7H3,(H,44,46)(H,45,48)(H,47,53)(H,49,56)/t33?,34-,36?,37?/m0/s1. The summed E-state index contributed by atoms with van der Waals surface area (Å²) in [6.45, 7) is 12.1. The van der Waals surface area contributed by atoms with Gasteiger partial charge in [0.25, 0.3) is 0 Å². The van der Waals surface area contributed by atoms with E-state index in [2.05, 4.69) is 82.2 Å². The molecule has 5 N–H and O–H groups in total. The molecule has 0 bridgehead atoms. The minimum atomic E-state index is -1.79. The van der Waals surface area contributed by atoms with Crippen LogP contribution in [0.3, 0.4) is 0 Å². The molecule has 3 aromatic carbocycles. The van der Waals surface area contributed by atoms with Crippen LogP contribution in [-0.2, 0) is 19.1 Å². The number of carbonyl (C=O) groups is 4. The Morgan fingerprint density at radius 2 is 1.53 bits per heavy atom. The molecule has 4 amide bonds. The zero-order valence-corrected chi connectivity index (χ0v) is 35.3. The van der Waals surface area contributed by atoms with Crippen molar-refractivity contribution in [2.45, 2.75) is 83.8 Å². The molecule has 58 heavy (non-hydrogen) atoms. The molecule has 2 saturated heterocycles. The van der Waals surface area contributed by atoms with Crippen LogP contribution >= 0.6 is 0 Å². The number of amides is 4. The number of aromatic nitrogens is 4. The maximum absolute atomic E-state index is 14.0. The lowest BCUT2D eigenvalue weighted by Crippen LogP contribution is -2.52. The summed E-state index contributed by atoms with van der Waals surface area (Å²) >= 11 is 0. The molecule has 0 saturated carbocycles. The number of nitrogens with one attached hydrogen (secondary N) is 4. The number of aromatic amines is 2. The third-order valence-corrected chi connectivity index (χ3v) is 14.3. The average molecular weight is 807 g/mol. The number of ether oxygens (including phenoxy) is 1. The minimum absolute atomic E-state index is 0.110. The number of nitrogens with zero attached hydrogens (tertiary/aromatic N) is 4. The molecule has 4 atom stereocenters. The topological polar surface area (TPSA) is 186 Å². The van der Waals surface area contributed by atoms with Gasteiger partial charge in [0, 0.05) is 18.1 Å². The van der Waals surface area contributed by atoms with Gasteiger partial charge in [0.1, 0.15) is 30.3 Å². The van der Waals surface area contributed by atoms with Crippen LogP contribution in [0.5, 0.6) is 0 Å². The van der Waals surface area contributed by atoms with Crippen LogP contribution in [0.2, 0.25) is 19.1 Å². The quantitative estimate of drug-likeness (QED) is 0.0995. The Labute approximate surface area is 339 Å². The molecule has 0 aliphatic carbocycles. The number of aliphatic hydroxyl groups excluding tert-OH is 1. The van der Waals surface area contributed by atoms with E-state index >= 15 is 0 Å². The maximum Gasteiger partial charge on any atom is 0.407 e. The van der Waals surface area contributed by atoms with Gasteiger partial charge in [-0.15, -0.1) is 0 Å². The van der Waals surface area contributed by atoms with Crippen molar-refractivity contribution in [2.24, 2.45) is 11.8 Å². The summed E-state index contributed by atoms with van der Waals surface area (Å²) in [5.74, 6) is 0.356. The lowest BCUT2D eigenvalue weighted by Gasteiger charge is -2.30. The number of hydrogen-bond acceptors (Lipinski definition) is 8. The van der Waals surface area contributed by atoms with Gasteiger partial charge in [-0.2, -0.15) is 0 Å². The second-order valence-corrected chi connectivity index (χ2v) is 22.2. The number of methoxy groups -OCH3 is 1. The highest BCUT2D eigenvalue weighted by atomic mass is 28.3. The third kappa shape index (κ3) is 8.10. The molecule has 0 radical (unpaired) electrons. The van der Waals surface area contributed by atoms with E-state index in [0.717, 1.165) is 74.7 Å². The first-order valence-corrected chi connectivity index (χ1v) is 23.5. The summed E-state index contributed by atoms with van der Waals surface area (Å²) in [7, 11) is -0.502. The van der Waals surface area contributed by atoms with Crippen LogP contribution < -0.4 is 10.6 Å². The molecule has 2 aliphatic heterocycles. The van der Waals surface area contributed by atoms with Crippen molar-refractivity contribution in [2.75, 3.05) is 26.4 Å². The number of alkyl carbamates (subject to hydrolysis) is 1. The molecule has 2 aromatic heterocycles. The first-order chi connectivity index (χ1) is 27.7. The van der Waals surface area contributed by atoms with Gasteiger partial charge in [-0.05, 0) is 64.9 Å². The maximum atomic E-state index is 14.0. The number of aliphatic hydroxyl groups is 1. The average Bonchev–Trinajstić information content (AvgIpc) is 4.03. The second-order valence-electron chi connectivity index (χ2n) is 17.1. The molecule has 0 spiro atoms. The largest absolute Gasteiger partial charge is 0.453 e. The Bertz CT molecular complexity index is 2340. The van der Waals surface area contributed by atoms with E-state index in [1.807, 2.05) is 43.6 Å². The summed E-state index contributed by atoms with van der Waals surface area (Å²) in [5, 5.41) is 16.8. The van der Waals surface area contributed by atoms with Crippen molar-refractivity contribution < 1.29 is 29.0 Å². The zero-order chi connectivity index (χ0) is 41.5. The minimum Gasteiger partial charge on any atom is -0.453 e. The van der Waals surface area contributed by atoms with E-state index < -0.39 is 38.8 Å². The monoisotopic (exact) mass is 806 g/mol. The fourth-order valence-electron chi connectivity index (χ4n) is 8.50. The summed E-state index contributed by atoms with van der Waals surface area (Å²) in [6.07, 6.45) is 3.46. The molecule has 14 nitrogen and oxygen atoms in total. The van der Waals surface area contributed by atoms with E-state index in [0.29, 0.717) is 12.7 Å². The second kappa shape index (κ2) is 16.4. The van der Waals surface area contributed by atoms with Gasteiger partial charge >= 0.3 is 6.09 Å². The summed E-state index contributed by atoms with van der Waals surface area (Å²) < 4.78 is 4.76. The molecule has 2 aliphatic rings. The number of hydrogen-bond donors (Lipinski definition) is 5. The predicted molar refractivity (Wildman–Crippen MR) is 225 cm³/mol. The van der Waals surface area contributed by atoms with Gasteiger partial charge in [-0.25, -0.2) is 14.8 Å². The van der Waals surface area contributed by atoms with Crippen molar-refractivity contribution in [3.8, 4) is 22.4 Å². The first kappa shape index (κ1) is 40.6. The van der Waals surface area contributed by atoms with E-state index in [-0.39, 0.29) is 35.7 Å². The Hall–Kier alpha value is -5.54. The highest BCUT2D eigenvalue weighted by molar-refractivity contribution is 6.78. The van der Waals surface area contributed by atoms with Crippen molar-refractivity contribution in [3.63, 3.8) is 0 Å². The summed E-state index contributed by atoms with van der Waals surface area (Å²) in [4.78, 5) is 72.1. The van der Waals surface area contributed by atoms with Gasteiger partial charge in [0.05, 0.1) is 50.2 Å². The number of imidazole rings is 2. The SMILES string of the molecule is COC(=O)NC(C(=O)N1CCCC1c1ncc(-c2ccc(-c3ccc4c(ccc5[nH]c([C@@H]6C[Si](C)(C)CN6C(=O)C(NC(=O)CO)C(C)C)nc54)c3)cc2)[nH]1)C(C)C. The molecule has 15 heteroatoms. The van der Waals surface area contributed by atoms with Crippen LogP contribution in [0.4, 0.5) is 4.79 Å². The lowest BCUT2D eigenvalue weighted by molar-refractivity contribution is -0.139. The number of fused-ring (bicyclic) bond motifs is 3. The first-order valence-electron chi connectivity index (χ1n) is 20.1. The summed E-state index contributed by atoms with van der Waals surface area (Å²) in [6, 6.07) is 17.8. The van der Waals surface area contributed by atoms with Crippen molar-refractivity contribution in [1.82, 2.24) is 40.4 Å². The Balaban J connectivity index is 1.09. The fourth-order valence-corrected chi connectivity index (χ4v) is 11.4. The Kier molecular flexibility index (Phi) is 11.5. The number of likely N-dealkylation sites (tertiary alicyclic amines) is 1. The van der Waals surface area contributed by atoms with Crippen LogP contribution in [0, 0.1) is 11.8 Å². The zero-order valence-electron chi connectivity index (χ0n) is 34.3. The Morgan fingerprint density at radius 3 is 2.22 bits per heavy atom. The van der Waals surface area contributed by atoms with Gasteiger partial charge < -0.3 is 40.2 Å². The molecule has 2 fully saturated rings. The number of benzene rings is 3. The fraction of sp³-hybridized carbons (Fsp3) is 0.442. The van der Waals surface area contributed by atoms with Crippen molar-refractivity contribution in [1.29, 1.82) is 0 Å². The molecule has 4 heterocycles. The number of carbonyl (C=O) groups excluding carboxylic acids is 4. The van der Waals surface area contributed by atoms with E-state index in [1.54, 1.807) is 6.20 Å². The van der Waals surface area contributed by atoms with Crippen LogP contribution in [0.25, 0.3) is 44.2 Å². The number of rotatable bonds is 11. The van der Waals surface area contributed by atoms with Crippen molar-refractivity contribution in [3.05, 3.63) is 72.4 Å². The van der Waals surface area contributed by atoms with Gasteiger partial charge in [-0.3, -0.25) is 14.4 Å².